The van der Waals surface area contributed by atoms with Gasteiger partial charge in [-0.15, -0.1) is 0 Å². The van der Waals surface area contributed by atoms with Gasteiger partial charge in [-0.05, 0) is 17.0 Å². The Labute approximate surface area is 119 Å². The highest BCUT2D eigenvalue weighted by atomic mass is 16.2. The van der Waals surface area contributed by atoms with Gasteiger partial charge in [-0.1, -0.05) is 39.0 Å². The second-order valence-corrected chi connectivity index (χ2v) is 6.03. The highest BCUT2D eigenvalue weighted by molar-refractivity contribution is 5.92. The molecule has 0 radical (unpaired) electrons. The fraction of sp³-hybridized carbons (Fsp3) is 0.467. The van der Waals surface area contributed by atoms with E-state index in [0.29, 0.717) is 11.3 Å². The fourth-order valence-electron chi connectivity index (χ4n) is 1.69. The molecule has 1 atom stereocenters. The van der Waals surface area contributed by atoms with Crippen molar-refractivity contribution in [3.05, 3.63) is 29.8 Å². The van der Waals surface area contributed by atoms with Crippen LogP contribution in [0.15, 0.2) is 24.3 Å². The van der Waals surface area contributed by atoms with Gasteiger partial charge < -0.3 is 16.8 Å². The molecule has 1 aromatic carbocycles. The van der Waals surface area contributed by atoms with Crippen molar-refractivity contribution in [2.45, 2.75) is 39.7 Å². The number of nitrogens with one attached hydrogen (secondary N) is 1. The summed E-state index contributed by atoms with van der Waals surface area (Å²) in [6.07, 6.45) is 0.330. The van der Waals surface area contributed by atoms with E-state index >= 15 is 0 Å². The Bertz CT molecular complexity index is 492. The molecule has 0 spiro atoms. The monoisotopic (exact) mass is 277 g/mol. The van der Waals surface area contributed by atoms with E-state index in [9.17, 15) is 9.59 Å². The normalized spacial score (nSPS) is 12.8. The Morgan fingerprint density at radius 3 is 2.40 bits per heavy atom. The maximum atomic E-state index is 12.0. The van der Waals surface area contributed by atoms with E-state index in [1.54, 1.807) is 24.3 Å². The Morgan fingerprint density at radius 1 is 1.25 bits per heavy atom. The van der Waals surface area contributed by atoms with E-state index < -0.39 is 5.91 Å². The first-order chi connectivity index (χ1) is 9.20. The van der Waals surface area contributed by atoms with Crippen molar-refractivity contribution in [1.29, 1.82) is 0 Å². The van der Waals surface area contributed by atoms with Gasteiger partial charge in [-0.25, -0.2) is 0 Å². The first-order valence-electron chi connectivity index (χ1n) is 6.62. The van der Waals surface area contributed by atoms with Crippen molar-refractivity contribution in [3.8, 4) is 0 Å². The fourth-order valence-corrected chi connectivity index (χ4v) is 1.69. The predicted molar refractivity (Wildman–Crippen MR) is 80.0 cm³/mol. The molecule has 5 N–H and O–H groups in total. The van der Waals surface area contributed by atoms with Gasteiger partial charge in [0.1, 0.15) is 0 Å². The molecule has 0 heterocycles. The lowest BCUT2D eigenvalue weighted by molar-refractivity contribution is -0.118. The van der Waals surface area contributed by atoms with Crippen LogP contribution in [0.3, 0.4) is 0 Å². The third-order valence-electron chi connectivity index (χ3n) is 3.17. The first kappa shape index (κ1) is 16.2. The van der Waals surface area contributed by atoms with Crippen LogP contribution in [0.1, 0.15) is 32.8 Å². The zero-order valence-corrected chi connectivity index (χ0v) is 12.3. The second-order valence-electron chi connectivity index (χ2n) is 6.03. The summed E-state index contributed by atoms with van der Waals surface area (Å²) in [5.41, 5.74) is 12.4. The number of nitrogens with two attached hydrogens (primary N) is 2. The summed E-state index contributed by atoms with van der Waals surface area (Å²) in [7, 11) is 0. The van der Waals surface area contributed by atoms with Crippen LogP contribution in [0.25, 0.3) is 0 Å². The average molecular weight is 277 g/mol. The van der Waals surface area contributed by atoms with E-state index in [0.717, 1.165) is 0 Å². The van der Waals surface area contributed by atoms with Crippen molar-refractivity contribution in [1.82, 2.24) is 0 Å². The zero-order valence-electron chi connectivity index (χ0n) is 12.3. The van der Waals surface area contributed by atoms with Crippen LogP contribution >= 0.6 is 0 Å². The number of carbonyl (C=O) groups is 2. The van der Waals surface area contributed by atoms with Crippen molar-refractivity contribution >= 4 is 17.5 Å². The Kier molecular flexibility index (Phi) is 5.27. The van der Waals surface area contributed by atoms with Gasteiger partial charge in [-0.2, -0.15) is 0 Å². The van der Waals surface area contributed by atoms with Gasteiger partial charge in [0.25, 0.3) is 0 Å². The number of amides is 2. The molecular formula is C15H23N3O2. The number of hydrogen-bond acceptors (Lipinski definition) is 3. The summed E-state index contributed by atoms with van der Waals surface area (Å²) >= 11 is 0. The average Bonchev–Trinajstić information content (AvgIpc) is 2.29. The first-order valence-corrected chi connectivity index (χ1v) is 6.62. The molecule has 5 heteroatoms. The van der Waals surface area contributed by atoms with Crippen molar-refractivity contribution in [2.75, 3.05) is 5.32 Å². The van der Waals surface area contributed by atoms with Crippen LogP contribution in [-0.2, 0) is 16.0 Å². The second kappa shape index (κ2) is 6.52. The standard InChI is InChI=1S/C15H23N3O2/c1-15(2,3)12(16)9-14(20)18-11-7-5-4-6-10(11)8-13(17)19/h4-7,12H,8-9,16H2,1-3H3,(H2,17,19)(H,18,20). The Hall–Kier alpha value is -1.88. The molecule has 0 bridgehead atoms. The van der Waals surface area contributed by atoms with Gasteiger partial charge >= 0.3 is 0 Å². The Balaban J connectivity index is 2.73. The molecule has 5 nitrogen and oxygen atoms in total. The van der Waals surface area contributed by atoms with Crippen molar-refractivity contribution in [2.24, 2.45) is 16.9 Å². The molecule has 2 amide bonds. The summed E-state index contributed by atoms with van der Waals surface area (Å²) in [6.45, 7) is 5.98. The maximum Gasteiger partial charge on any atom is 0.225 e. The lowest BCUT2D eigenvalue weighted by Gasteiger charge is -2.26. The molecule has 0 aromatic heterocycles. The molecule has 0 aliphatic heterocycles. The minimum absolute atomic E-state index is 0.0990. The lowest BCUT2D eigenvalue weighted by Crippen LogP contribution is -2.38. The molecule has 0 aliphatic rings. The lowest BCUT2D eigenvalue weighted by atomic mass is 9.85. The number of hydrogen-bond donors (Lipinski definition) is 3. The number of benzene rings is 1. The zero-order chi connectivity index (χ0) is 15.3. The van der Waals surface area contributed by atoms with E-state index in [1.165, 1.54) is 0 Å². The summed E-state index contributed by atoms with van der Waals surface area (Å²) in [6, 6.07) is 6.88. The maximum absolute atomic E-state index is 12.0. The number of rotatable bonds is 5. The molecule has 20 heavy (non-hydrogen) atoms. The van der Waals surface area contributed by atoms with E-state index in [2.05, 4.69) is 5.32 Å². The molecule has 0 aliphatic carbocycles. The largest absolute Gasteiger partial charge is 0.369 e. The van der Waals surface area contributed by atoms with Crippen LogP contribution in [0.4, 0.5) is 5.69 Å². The summed E-state index contributed by atoms with van der Waals surface area (Å²) in [5.74, 6) is -0.595. The third kappa shape index (κ3) is 5.01. The van der Waals surface area contributed by atoms with Crippen molar-refractivity contribution in [3.63, 3.8) is 0 Å². The van der Waals surface area contributed by atoms with E-state index in [4.69, 9.17) is 11.5 Å². The molecule has 1 unspecified atom stereocenters. The molecule has 0 saturated carbocycles. The van der Waals surface area contributed by atoms with Crippen LogP contribution in [0, 0.1) is 5.41 Å². The topological polar surface area (TPSA) is 98.2 Å². The summed E-state index contributed by atoms with van der Waals surface area (Å²) < 4.78 is 0. The van der Waals surface area contributed by atoms with Crippen molar-refractivity contribution < 1.29 is 9.59 Å². The van der Waals surface area contributed by atoms with Crippen LogP contribution < -0.4 is 16.8 Å². The molecule has 1 rings (SSSR count). The van der Waals surface area contributed by atoms with Gasteiger partial charge in [0, 0.05) is 18.2 Å². The van der Waals surface area contributed by atoms with E-state index in [1.807, 2.05) is 20.8 Å². The summed E-state index contributed by atoms with van der Waals surface area (Å²) in [4.78, 5) is 23.0. The predicted octanol–water partition coefficient (Wildman–Crippen LogP) is 1.42. The number of carbonyl (C=O) groups excluding carboxylic acids is 2. The minimum Gasteiger partial charge on any atom is -0.369 e. The molecule has 1 aromatic rings. The third-order valence-corrected chi connectivity index (χ3v) is 3.17. The van der Waals surface area contributed by atoms with Crippen LogP contribution in [0.5, 0.6) is 0 Å². The SMILES string of the molecule is CC(C)(C)C(N)CC(=O)Nc1ccccc1CC(N)=O. The highest BCUT2D eigenvalue weighted by Crippen LogP contribution is 2.21. The number of anilines is 1. The van der Waals surface area contributed by atoms with Crippen LogP contribution in [0.2, 0.25) is 0 Å². The van der Waals surface area contributed by atoms with E-state index in [-0.39, 0.29) is 30.2 Å². The molecule has 0 fully saturated rings. The van der Waals surface area contributed by atoms with Gasteiger partial charge in [-0.3, -0.25) is 9.59 Å². The highest BCUT2D eigenvalue weighted by Gasteiger charge is 2.23. The smallest absolute Gasteiger partial charge is 0.225 e. The van der Waals surface area contributed by atoms with Gasteiger partial charge in [0.05, 0.1) is 6.42 Å². The molecular weight excluding hydrogens is 254 g/mol. The van der Waals surface area contributed by atoms with Gasteiger partial charge in [0.2, 0.25) is 11.8 Å². The van der Waals surface area contributed by atoms with Gasteiger partial charge in [0.15, 0.2) is 0 Å². The summed E-state index contributed by atoms with van der Waals surface area (Å²) in [5, 5.41) is 2.79. The minimum atomic E-state index is -0.432. The Morgan fingerprint density at radius 2 is 1.85 bits per heavy atom. The number of primary amides is 1. The molecule has 0 saturated heterocycles. The number of para-hydroxylation sites is 1. The molecule has 110 valence electrons. The quantitative estimate of drug-likeness (QED) is 0.759. The van der Waals surface area contributed by atoms with Crippen LogP contribution in [-0.4, -0.2) is 17.9 Å².